The van der Waals surface area contributed by atoms with Gasteiger partial charge in [0.25, 0.3) is 0 Å². The predicted molar refractivity (Wildman–Crippen MR) is 96.1 cm³/mol. The van der Waals surface area contributed by atoms with Gasteiger partial charge < -0.3 is 5.11 Å². The summed E-state index contributed by atoms with van der Waals surface area (Å²) in [4.78, 5) is 24.4. The summed E-state index contributed by atoms with van der Waals surface area (Å²) in [5.41, 5.74) is 2.34. The number of benzene rings is 1. The Kier molecular flexibility index (Phi) is 7.13. The Balaban J connectivity index is 1.86. The molecule has 128 valence electrons. The van der Waals surface area contributed by atoms with Crippen LogP contribution in [0.2, 0.25) is 0 Å². The number of hydrogen-bond donors (Lipinski definition) is 1. The third kappa shape index (κ3) is 5.57. The number of carbonyl (C=O) groups excluding carboxylic acids is 2. The van der Waals surface area contributed by atoms with Gasteiger partial charge in [-0.25, -0.2) is 0 Å². The van der Waals surface area contributed by atoms with Gasteiger partial charge in [-0.2, -0.15) is 0 Å². The Morgan fingerprint density at radius 2 is 1.83 bits per heavy atom. The Bertz CT molecular complexity index is 623. The highest BCUT2D eigenvalue weighted by atomic mass is 16.3. The van der Waals surface area contributed by atoms with E-state index in [2.05, 4.69) is 6.92 Å². The first-order chi connectivity index (χ1) is 11.6. The summed E-state index contributed by atoms with van der Waals surface area (Å²) in [5.74, 6) is -0.343. The quantitative estimate of drug-likeness (QED) is 0.420. The van der Waals surface area contributed by atoms with Crippen LogP contribution in [0.15, 0.2) is 48.1 Å². The minimum atomic E-state index is -0.526. The molecule has 0 saturated carbocycles. The minimum absolute atomic E-state index is 0.123. The second-order valence-corrected chi connectivity index (χ2v) is 6.35. The summed E-state index contributed by atoms with van der Waals surface area (Å²) in [6.45, 7) is 2.20. The average Bonchev–Trinajstić information content (AvgIpc) is 2.59. The molecule has 1 aromatic rings. The molecule has 1 N–H and O–H groups in total. The van der Waals surface area contributed by atoms with E-state index < -0.39 is 6.10 Å². The van der Waals surface area contributed by atoms with Crippen molar-refractivity contribution in [3.05, 3.63) is 59.2 Å². The van der Waals surface area contributed by atoms with E-state index >= 15 is 0 Å². The Morgan fingerprint density at radius 1 is 1.08 bits per heavy atom. The number of hydrogen-bond acceptors (Lipinski definition) is 3. The normalized spacial score (nSPS) is 16.8. The Morgan fingerprint density at radius 3 is 2.46 bits per heavy atom. The maximum atomic E-state index is 12.3. The van der Waals surface area contributed by atoms with Crippen molar-refractivity contribution >= 4 is 11.6 Å². The standard InChI is InChI=1S/C21H26O3/c1-2-3-4-5-6-16-7-9-17(10-8-16)20(23)15-21(24)18-11-13-19(22)14-12-18/h7-13,19,22H,2-6,14-15H2,1H3. The third-order valence-electron chi connectivity index (χ3n) is 4.32. The summed E-state index contributed by atoms with van der Waals surface area (Å²) in [5, 5.41) is 9.38. The van der Waals surface area contributed by atoms with E-state index in [1.165, 1.54) is 31.2 Å². The zero-order chi connectivity index (χ0) is 17.4. The molecule has 3 heteroatoms. The van der Waals surface area contributed by atoms with E-state index in [1.54, 1.807) is 18.2 Å². The van der Waals surface area contributed by atoms with Crippen molar-refractivity contribution in [2.45, 2.75) is 58.0 Å². The first kappa shape index (κ1) is 18.3. The van der Waals surface area contributed by atoms with E-state index in [0.29, 0.717) is 17.6 Å². The number of ketones is 2. The van der Waals surface area contributed by atoms with Crippen molar-refractivity contribution in [2.75, 3.05) is 0 Å². The van der Waals surface area contributed by atoms with Crippen LogP contribution in [0, 0.1) is 0 Å². The largest absolute Gasteiger partial charge is 0.389 e. The number of Topliss-reactive ketones (excluding diaryl/α,β-unsaturated/α-hetero) is 2. The molecular formula is C21H26O3. The molecule has 0 aliphatic heterocycles. The van der Waals surface area contributed by atoms with Crippen molar-refractivity contribution in [1.29, 1.82) is 0 Å². The van der Waals surface area contributed by atoms with E-state index in [4.69, 9.17) is 0 Å². The molecule has 1 aliphatic carbocycles. The van der Waals surface area contributed by atoms with Gasteiger partial charge >= 0.3 is 0 Å². The smallest absolute Gasteiger partial charge is 0.170 e. The number of unbranched alkanes of at least 4 members (excludes halogenated alkanes) is 3. The van der Waals surface area contributed by atoms with Gasteiger partial charge in [-0.1, -0.05) is 68.7 Å². The van der Waals surface area contributed by atoms with E-state index in [0.717, 1.165) is 6.42 Å². The van der Waals surface area contributed by atoms with Crippen LogP contribution >= 0.6 is 0 Å². The van der Waals surface area contributed by atoms with Crippen LogP contribution in [0.4, 0.5) is 0 Å². The van der Waals surface area contributed by atoms with Gasteiger partial charge in [0.2, 0.25) is 0 Å². The number of allylic oxidation sites excluding steroid dienone is 2. The monoisotopic (exact) mass is 326 g/mol. The summed E-state index contributed by atoms with van der Waals surface area (Å²) in [6, 6.07) is 7.61. The Hall–Kier alpha value is -2.00. The fourth-order valence-corrected chi connectivity index (χ4v) is 2.78. The maximum Gasteiger partial charge on any atom is 0.170 e. The highest BCUT2D eigenvalue weighted by Crippen LogP contribution is 2.16. The number of aliphatic hydroxyl groups is 1. The first-order valence-corrected chi connectivity index (χ1v) is 8.82. The van der Waals surface area contributed by atoms with Gasteiger partial charge in [-0.15, -0.1) is 0 Å². The molecule has 24 heavy (non-hydrogen) atoms. The predicted octanol–water partition coefficient (Wildman–Crippen LogP) is 4.20. The molecule has 1 aromatic carbocycles. The van der Waals surface area contributed by atoms with Crippen LogP contribution in [0.5, 0.6) is 0 Å². The number of aryl methyl sites for hydroxylation is 1. The highest BCUT2D eigenvalue weighted by Gasteiger charge is 2.16. The fraction of sp³-hybridized carbons (Fsp3) is 0.429. The summed E-state index contributed by atoms with van der Waals surface area (Å²) < 4.78 is 0. The van der Waals surface area contributed by atoms with Gasteiger partial charge in [-0.05, 0) is 24.8 Å². The summed E-state index contributed by atoms with van der Waals surface area (Å²) >= 11 is 0. The van der Waals surface area contributed by atoms with Crippen molar-refractivity contribution in [1.82, 2.24) is 0 Å². The van der Waals surface area contributed by atoms with E-state index in [-0.39, 0.29) is 18.0 Å². The molecule has 1 unspecified atom stereocenters. The van der Waals surface area contributed by atoms with Crippen molar-refractivity contribution in [3.63, 3.8) is 0 Å². The van der Waals surface area contributed by atoms with Gasteiger partial charge in [0.1, 0.15) is 0 Å². The zero-order valence-electron chi connectivity index (χ0n) is 14.3. The second kappa shape index (κ2) is 9.33. The number of aliphatic hydroxyl groups excluding tert-OH is 1. The molecular weight excluding hydrogens is 300 g/mol. The van der Waals surface area contributed by atoms with Crippen LogP contribution in [0.1, 0.15) is 61.4 Å². The second-order valence-electron chi connectivity index (χ2n) is 6.35. The molecule has 0 saturated heterocycles. The fourth-order valence-electron chi connectivity index (χ4n) is 2.78. The average molecular weight is 326 g/mol. The molecule has 2 rings (SSSR count). The molecule has 3 nitrogen and oxygen atoms in total. The van der Waals surface area contributed by atoms with Crippen molar-refractivity contribution < 1.29 is 14.7 Å². The Labute approximate surface area is 144 Å². The third-order valence-corrected chi connectivity index (χ3v) is 4.32. The van der Waals surface area contributed by atoms with Crippen LogP contribution < -0.4 is 0 Å². The highest BCUT2D eigenvalue weighted by molar-refractivity contribution is 6.14. The molecule has 0 fully saturated rings. The number of carbonyl (C=O) groups is 2. The molecule has 0 aromatic heterocycles. The molecule has 1 aliphatic rings. The molecule has 0 spiro atoms. The lowest BCUT2D eigenvalue weighted by molar-refractivity contribution is -0.114. The van der Waals surface area contributed by atoms with Crippen LogP contribution in [0.25, 0.3) is 0 Å². The van der Waals surface area contributed by atoms with Crippen LogP contribution in [-0.4, -0.2) is 22.8 Å². The molecule has 0 amide bonds. The van der Waals surface area contributed by atoms with Gasteiger partial charge in [0.15, 0.2) is 11.6 Å². The first-order valence-electron chi connectivity index (χ1n) is 8.82. The minimum Gasteiger partial charge on any atom is -0.389 e. The lowest BCUT2D eigenvalue weighted by Crippen LogP contribution is -2.13. The van der Waals surface area contributed by atoms with Gasteiger partial charge in [-0.3, -0.25) is 9.59 Å². The molecule has 0 bridgehead atoms. The molecule has 0 heterocycles. The maximum absolute atomic E-state index is 12.3. The van der Waals surface area contributed by atoms with Crippen LogP contribution in [-0.2, 0) is 11.2 Å². The SMILES string of the molecule is CCCCCCc1ccc(C(=O)CC(=O)C2=CCC(O)C=C2)cc1. The number of rotatable bonds is 9. The van der Waals surface area contributed by atoms with E-state index in [1.807, 2.05) is 24.3 Å². The molecule has 1 atom stereocenters. The van der Waals surface area contributed by atoms with E-state index in [9.17, 15) is 14.7 Å². The lowest BCUT2D eigenvalue weighted by Gasteiger charge is -2.10. The topological polar surface area (TPSA) is 54.4 Å². The van der Waals surface area contributed by atoms with Crippen molar-refractivity contribution in [2.24, 2.45) is 0 Å². The lowest BCUT2D eigenvalue weighted by atomic mass is 9.96. The zero-order valence-corrected chi connectivity index (χ0v) is 14.3. The van der Waals surface area contributed by atoms with Gasteiger partial charge in [0.05, 0.1) is 12.5 Å². The van der Waals surface area contributed by atoms with Crippen LogP contribution in [0.3, 0.4) is 0 Å². The summed E-state index contributed by atoms with van der Waals surface area (Å²) in [6.07, 6.45) is 10.6. The molecule has 0 radical (unpaired) electrons. The summed E-state index contributed by atoms with van der Waals surface area (Å²) in [7, 11) is 0. The van der Waals surface area contributed by atoms with Crippen molar-refractivity contribution in [3.8, 4) is 0 Å². The van der Waals surface area contributed by atoms with Gasteiger partial charge in [0, 0.05) is 11.1 Å².